The summed E-state index contributed by atoms with van der Waals surface area (Å²) >= 11 is 0. The van der Waals surface area contributed by atoms with E-state index < -0.39 is 26.8 Å². The lowest BCUT2D eigenvalue weighted by Crippen LogP contribution is -2.44. The Kier molecular flexibility index (Phi) is 8.14. The van der Waals surface area contributed by atoms with Crippen molar-refractivity contribution in [2.24, 2.45) is 0 Å². The maximum atomic E-state index is 11.2. The predicted octanol–water partition coefficient (Wildman–Crippen LogP) is 1.58. The first-order chi connectivity index (χ1) is 11.9. The molecule has 0 amide bonds. The van der Waals surface area contributed by atoms with Crippen LogP contribution in [0.25, 0.3) is 0 Å². The van der Waals surface area contributed by atoms with E-state index in [2.05, 4.69) is 18.1 Å². The molecule has 1 saturated heterocycles. The maximum absolute atomic E-state index is 11.2. The van der Waals surface area contributed by atoms with Crippen LogP contribution in [0, 0.1) is 0 Å². The van der Waals surface area contributed by atoms with Gasteiger partial charge < -0.3 is 10.2 Å². The molecule has 1 rings (SSSR count). The van der Waals surface area contributed by atoms with Gasteiger partial charge in [0.15, 0.2) is 0 Å². The Balaban J connectivity index is 2.72. The van der Waals surface area contributed by atoms with E-state index in [0.717, 1.165) is 18.1 Å². The van der Waals surface area contributed by atoms with Crippen molar-refractivity contribution < 1.29 is 39.0 Å². The quantitative estimate of drug-likeness (QED) is 0.569. The van der Waals surface area contributed by atoms with Crippen molar-refractivity contribution in [3.63, 3.8) is 0 Å². The lowest BCUT2D eigenvalue weighted by Gasteiger charge is -2.26. The summed E-state index contributed by atoms with van der Waals surface area (Å²) in [6, 6.07) is 0. The van der Waals surface area contributed by atoms with Gasteiger partial charge in [-0.1, -0.05) is 23.3 Å². The summed E-state index contributed by atoms with van der Waals surface area (Å²) < 4.78 is 56.8. The van der Waals surface area contributed by atoms with Crippen LogP contribution < -0.4 is 0 Å². The molecule has 26 heavy (non-hydrogen) atoms. The monoisotopic (exact) mass is 412 g/mol. The molecule has 1 aliphatic heterocycles. The fourth-order valence-electron chi connectivity index (χ4n) is 2.16. The van der Waals surface area contributed by atoms with Gasteiger partial charge in [0, 0.05) is 6.08 Å². The van der Waals surface area contributed by atoms with Crippen molar-refractivity contribution in [1.82, 2.24) is 0 Å². The first-order valence-electron chi connectivity index (χ1n) is 7.81. The minimum absolute atomic E-state index is 0.0800. The molecule has 0 aromatic carbocycles. The smallest absolute Gasteiger partial charge is 0.392 e. The Morgan fingerprint density at radius 1 is 0.962 bits per heavy atom. The van der Waals surface area contributed by atoms with Gasteiger partial charge in [0.05, 0.1) is 6.61 Å². The van der Waals surface area contributed by atoms with E-state index >= 15 is 0 Å². The highest BCUT2D eigenvalue weighted by atomic mass is 32.3. The number of aliphatic hydroxyl groups is 2. The zero-order chi connectivity index (χ0) is 20.0. The molecule has 1 heterocycles. The molecule has 0 aromatic heterocycles. The van der Waals surface area contributed by atoms with Gasteiger partial charge in [0.1, 0.15) is 0 Å². The number of hydrogen-bond acceptors (Lipinski definition) is 9. The first kappa shape index (κ1) is 23.0. The Labute approximate surface area is 154 Å². The van der Waals surface area contributed by atoms with E-state index in [4.69, 9.17) is 0 Å². The Morgan fingerprint density at radius 2 is 1.50 bits per heavy atom. The molecule has 0 atom stereocenters. The van der Waals surface area contributed by atoms with Gasteiger partial charge in [-0.25, -0.2) is 0 Å². The van der Waals surface area contributed by atoms with Crippen LogP contribution in [0.4, 0.5) is 0 Å². The highest BCUT2D eigenvalue weighted by Gasteiger charge is 2.48. The summed E-state index contributed by atoms with van der Waals surface area (Å²) in [7, 11) is -9.91. The molecule has 150 valence electrons. The van der Waals surface area contributed by atoms with E-state index in [1.165, 1.54) is 12.5 Å². The van der Waals surface area contributed by atoms with E-state index in [0.29, 0.717) is 24.8 Å². The van der Waals surface area contributed by atoms with Gasteiger partial charge in [0.25, 0.3) is 0 Å². The zero-order valence-corrected chi connectivity index (χ0v) is 16.5. The predicted molar refractivity (Wildman–Crippen MR) is 92.9 cm³/mol. The third kappa shape index (κ3) is 8.54. The average molecular weight is 412 g/mol. The molecule has 0 spiro atoms. The molecular weight excluding hydrogens is 388 g/mol. The van der Waals surface area contributed by atoms with Gasteiger partial charge in [-0.05, 0) is 52.0 Å². The minimum atomic E-state index is -4.96. The first-order valence-corrected chi connectivity index (χ1v) is 10.5. The second-order valence-corrected chi connectivity index (χ2v) is 8.56. The summed E-state index contributed by atoms with van der Waals surface area (Å²) in [6.07, 6.45) is 7.07. The molecule has 11 heteroatoms. The van der Waals surface area contributed by atoms with Crippen molar-refractivity contribution in [2.45, 2.75) is 52.4 Å². The molecule has 9 nitrogen and oxygen atoms in total. The second kappa shape index (κ2) is 9.22. The van der Waals surface area contributed by atoms with Crippen LogP contribution in [0.2, 0.25) is 0 Å². The Bertz CT molecular complexity index is 751. The normalized spacial score (nSPS) is 22.0. The highest BCUT2D eigenvalue weighted by molar-refractivity contribution is 7.95. The lowest BCUT2D eigenvalue weighted by molar-refractivity contribution is -0.243. The molecule has 0 unspecified atom stereocenters. The molecule has 2 N–H and O–H groups in total. The third-order valence-corrected chi connectivity index (χ3v) is 5.45. The van der Waals surface area contributed by atoms with Crippen LogP contribution in [0.15, 0.2) is 34.9 Å². The summed E-state index contributed by atoms with van der Waals surface area (Å²) in [5.41, 5.74) is 2.45. The molecule has 1 fully saturated rings. The van der Waals surface area contributed by atoms with Crippen LogP contribution in [-0.2, 0) is 32.8 Å². The van der Waals surface area contributed by atoms with Gasteiger partial charge >= 0.3 is 26.8 Å². The van der Waals surface area contributed by atoms with Crippen molar-refractivity contribution >= 4 is 20.8 Å². The molecule has 0 bridgehead atoms. The summed E-state index contributed by atoms with van der Waals surface area (Å²) in [6.45, 7) is 5.43. The van der Waals surface area contributed by atoms with E-state index in [1.807, 2.05) is 19.9 Å². The number of aliphatic hydroxyl groups excluding tert-OH is 1. The molecule has 1 aliphatic rings. The summed E-state index contributed by atoms with van der Waals surface area (Å²) in [5, 5.41) is 19.3. The maximum Gasteiger partial charge on any atom is 0.421 e. The van der Waals surface area contributed by atoms with E-state index in [9.17, 15) is 27.0 Å². The highest BCUT2D eigenvalue weighted by Crippen LogP contribution is 2.28. The van der Waals surface area contributed by atoms with Gasteiger partial charge in [-0.3, -0.25) is 0 Å². The van der Waals surface area contributed by atoms with Crippen LogP contribution >= 0.6 is 0 Å². The van der Waals surface area contributed by atoms with Crippen LogP contribution in [0.3, 0.4) is 0 Å². The van der Waals surface area contributed by atoms with Crippen LogP contribution in [-0.4, -0.2) is 39.6 Å². The fraction of sp³-hybridized carbons (Fsp3) is 0.600. The second-order valence-electron chi connectivity index (χ2n) is 6.05. The molecule has 0 saturated carbocycles. The third-order valence-electron chi connectivity index (χ3n) is 3.23. The Morgan fingerprint density at radius 3 is 2.00 bits per heavy atom. The number of rotatable bonds is 8. The molecule has 0 radical (unpaired) electrons. The minimum Gasteiger partial charge on any atom is -0.392 e. The van der Waals surface area contributed by atoms with Gasteiger partial charge in [-0.2, -0.15) is 25.2 Å². The van der Waals surface area contributed by atoms with Crippen molar-refractivity contribution in [3.8, 4) is 0 Å². The standard InChI is InChI=1S/C15H24O9S2/c1-12(2)6-4-8-14(11-16)9-5-7-13(3)10-15(17)22-25(18,19)24-26(20,21)23-15/h6,9-10,16-17H,4-5,7-8,11H2,1-3H3/b13-10+,14-9-. The zero-order valence-electron chi connectivity index (χ0n) is 14.8. The number of hydrogen-bond donors (Lipinski definition) is 2. The van der Waals surface area contributed by atoms with Gasteiger partial charge in [0.2, 0.25) is 0 Å². The Hall–Kier alpha value is -1.08. The van der Waals surface area contributed by atoms with E-state index in [-0.39, 0.29) is 6.61 Å². The van der Waals surface area contributed by atoms with Crippen LogP contribution in [0.1, 0.15) is 46.5 Å². The largest absolute Gasteiger partial charge is 0.421 e. The van der Waals surface area contributed by atoms with Crippen molar-refractivity contribution in [2.75, 3.05) is 6.61 Å². The fourth-order valence-corrected chi connectivity index (χ4v) is 3.99. The molecule has 0 aromatic rings. The van der Waals surface area contributed by atoms with Crippen LogP contribution in [0.5, 0.6) is 0 Å². The van der Waals surface area contributed by atoms with Gasteiger partial charge in [-0.15, -0.1) is 3.63 Å². The molecular formula is C15H24O9S2. The van der Waals surface area contributed by atoms with Crippen molar-refractivity contribution in [1.29, 1.82) is 0 Å². The molecule has 0 aliphatic carbocycles. The lowest BCUT2D eigenvalue weighted by atomic mass is 10.1. The SMILES string of the molecule is CC(C)=CCC/C(=C/CC/C(C)=C/C1(O)OS(=O)(=O)OS(=O)(=O)O1)CO. The van der Waals surface area contributed by atoms with Crippen molar-refractivity contribution in [3.05, 3.63) is 34.9 Å². The summed E-state index contributed by atoms with van der Waals surface area (Å²) in [4.78, 5) is 0. The number of allylic oxidation sites excluding steroid dienone is 4. The average Bonchev–Trinajstić information content (AvgIpc) is 2.40. The van der Waals surface area contributed by atoms with E-state index in [1.54, 1.807) is 0 Å². The topological polar surface area (TPSA) is 136 Å². The summed E-state index contributed by atoms with van der Waals surface area (Å²) in [5.74, 6) is -2.99.